The molecule has 2 aromatic carbocycles. The van der Waals surface area contributed by atoms with Crippen LogP contribution in [0.5, 0.6) is 0 Å². The van der Waals surface area contributed by atoms with E-state index in [0.717, 1.165) is 63.5 Å². The second kappa shape index (κ2) is 7.73. The molecule has 4 unspecified atom stereocenters. The summed E-state index contributed by atoms with van der Waals surface area (Å²) in [6.45, 7) is 7.70. The summed E-state index contributed by atoms with van der Waals surface area (Å²) in [6.07, 6.45) is 4.59. The number of anilines is 2. The van der Waals surface area contributed by atoms with Crippen LogP contribution >= 0.6 is 0 Å². The molecule has 6 heteroatoms. The summed E-state index contributed by atoms with van der Waals surface area (Å²) in [6, 6.07) is 4.24. The smallest absolute Gasteiger partial charge is 0.0851 e. The van der Waals surface area contributed by atoms with Gasteiger partial charge in [-0.25, -0.2) is 0 Å². The zero-order valence-electron chi connectivity index (χ0n) is 18.9. The first kappa shape index (κ1) is 20.5. The summed E-state index contributed by atoms with van der Waals surface area (Å²) in [5.41, 5.74) is 25.1. The summed E-state index contributed by atoms with van der Waals surface area (Å²) >= 11 is 0. The van der Waals surface area contributed by atoms with Crippen LogP contribution in [0.25, 0.3) is 11.1 Å². The molecule has 0 spiro atoms. The van der Waals surface area contributed by atoms with Crippen molar-refractivity contribution >= 4 is 11.4 Å². The predicted octanol–water partition coefficient (Wildman–Crippen LogP) is 2.90. The van der Waals surface area contributed by atoms with Crippen LogP contribution in [0.4, 0.5) is 11.4 Å². The molecule has 2 aromatic rings. The first-order valence-electron chi connectivity index (χ1n) is 11.8. The minimum Gasteiger partial charge on any atom is -0.398 e. The molecule has 4 atom stereocenters. The van der Waals surface area contributed by atoms with E-state index in [4.69, 9.17) is 30.4 Å². The first-order valence-corrected chi connectivity index (χ1v) is 11.8. The van der Waals surface area contributed by atoms with Gasteiger partial charge >= 0.3 is 0 Å². The van der Waals surface area contributed by atoms with Crippen LogP contribution in [0.1, 0.15) is 33.4 Å². The van der Waals surface area contributed by atoms with Gasteiger partial charge in [0.05, 0.1) is 50.8 Å². The Bertz CT molecular complexity index is 1070. The van der Waals surface area contributed by atoms with Gasteiger partial charge in [0.2, 0.25) is 0 Å². The second-order valence-corrected chi connectivity index (χ2v) is 9.79. The van der Waals surface area contributed by atoms with Crippen LogP contribution in [0.3, 0.4) is 0 Å². The lowest BCUT2D eigenvalue weighted by Gasteiger charge is -2.25. The van der Waals surface area contributed by atoms with Crippen molar-refractivity contribution in [1.82, 2.24) is 0 Å². The Morgan fingerprint density at radius 1 is 0.656 bits per heavy atom. The molecule has 0 aromatic heterocycles. The summed E-state index contributed by atoms with van der Waals surface area (Å²) in [5, 5.41) is 0. The van der Waals surface area contributed by atoms with Gasteiger partial charge < -0.3 is 30.4 Å². The molecule has 0 bridgehead atoms. The molecule has 0 aliphatic carbocycles. The van der Waals surface area contributed by atoms with Crippen LogP contribution in [0.15, 0.2) is 12.1 Å². The van der Waals surface area contributed by atoms with E-state index in [1.165, 1.54) is 44.5 Å². The number of benzene rings is 2. The molecule has 4 heterocycles. The van der Waals surface area contributed by atoms with Crippen molar-refractivity contribution in [2.45, 2.75) is 63.9 Å². The molecule has 170 valence electrons. The number of epoxide rings is 4. The minimum absolute atomic E-state index is 0.270. The highest BCUT2D eigenvalue weighted by molar-refractivity contribution is 5.83. The Hall–Kier alpha value is -2.12. The lowest BCUT2D eigenvalue weighted by molar-refractivity contribution is 0.401. The van der Waals surface area contributed by atoms with Crippen molar-refractivity contribution in [1.29, 1.82) is 0 Å². The van der Waals surface area contributed by atoms with Crippen molar-refractivity contribution < 1.29 is 18.9 Å². The van der Waals surface area contributed by atoms with Gasteiger partial charge in [-0.05, 0) is 64.4 Å². The fourth-order valence-electron chi connectivity index (χ4n) is 5.13. The Kier molecular flexibility index (Phi) is 4.95. The molecule has 6 rings (SSSR count). The molecule has 4 fully saturated rings. The predicted molar refractivity (Wildman–Crippen MR) is 124 cm³/mol. The Morgan fingerprint density at radius 2 is 1.12 bits per heavy atom. The lowest BCUT2D eigenvalue weighted by atomic mass is 9.80. The van der Waals surface area contributed by atoms with Crippen molar-refractivity contribution in [3.63, 3.8) is 0 Å². The number of rotatable bonds is 9. The van der Waals surface area contributed by atoms with Gasteiger partial charge in [-0.3, -0.25) is 0 Å². The van der Waals surface area contributed by atoms with Gasteiger partial charge in [0.25, 0.3) is 0 Å². The fraction of sp³-hybridized carbons (Fsp3) is 0.538. The SMILES string of the molecule is Cc1c(-c2c(C)c(CC3CO3)c(N)c(CC3CO3)c2CC2CO2)ccc(N)c1CC1CO1. The third kappa shape index (κ3) is 4.01. The monoisotopic (exact) mass is 436 g/mol. The third-order valence-electron chi connectivity index (χ3n) is 7.38. The first-order chi connectivity index (χ1) is 15.5. The Labute approximate surface area is 189 Å². The van der Waals surface area contributed by atoms with E-state index < -0.39 is 0 Å². The van der Waals surface area contributed by atoms with Crippen LogP contribution in [-0.2, 0) is 44.6 Å². The highest BCUT2D eigenvalue weighted by Crippen LogP contribution is 2.43. The maximum absolute atomic E-state index is 6.86. The van der Waals surface area contributed by atoms with Gasteiger partial charge in [-0.1, -0.05) is 6.07 Å². The molecular weight excluding hydrogens is 404 g/mol. The van der Waals surface area contributed by atoms with E-state index in [1.54, 1.807) is 0 Å². The van der Waals surface area contributed by atoms with E-state index in [1.807, 2.05) is 0 Å². The van der Waals surface area contributed by atoms with Crippen LogP contribution < -0.4 is 11.5 Å². The largest absolute Gasteiger partial charge is 0.398 e. The zero-order chi connectivity index (χ0) is 22.0. The third-order valence-corrected chi connectivity index (χ3v) is 7.38. The number of ether oxygens (including phenoxy) is 4. The molecule has 32 heavy (non-hydrogen) atoms. The number of nitrogen functional groups attached to an aromatic ring is 2. The molecule has 0 saturated carbocycles. The van der Waals surface area contributed by atoms with Gasteiger partial charge in [-0.15, -0.1) is 0 Å². The summed E-state index contributed by atoms with van der Waals surface area (Å²) in [7, 11) is 0. The highest BCUT2D eigenvalue weighted by Gasteiger charge is 2.34. The lowest BCUT2D eigenvalue weighted by Crippen LogP contribution is -2.15. The van der Waals surface area contributed by atoms with Crippen molar-refractivity contribution in [3.05, 3.63) is 45.5 Å². The van der Waals surface area contributed by atoms with Gasteiger partial charge in [0.1, 0.15) is 0 Å². The molecule has 6 nitrogen and oxygen atoms in total. The summed E-state index contributed by atoms with van der Waals surface area (Å²) in [4.78, 5) is 0. The second-order valence-electron chi connectivity index (χ2n) is 9.79. The normalized spacial score (nSPS) is 27.4. The molecule has 4 saturated heterocycles. The molecule has 0 radical (unpaired) electrons. The average Bonchev–Trinajstić information content (AvgIpc) is 3.61. The van der Waals surface area contributed by atoms with E-state index in [-0.39, 0.29) is 18.3 Å². The van der Waals surface area contributed by atoms with Gasteiger partial charge in [0, 0.05) is 37.1 Å². The molecule has 4 aliphatic heterocycles. The molecule has 0 amide bonds. The van der Waals surface area contributed by atoms with Crippen LogP contribution in [-0.4, -0.2) is 50.8 Å². The number of nitrogens with two attached hydrogens (primary N) is 2. The van der Waals surface area contributed by atoms with E-state index in [2.05, 4.69) is 26.0 Å². The maximum atomic E-state index is 6.86. The van der Waals surface area contributed by atoms with Crippen molar-refractivity contribution in [2.75, 3.05) is 37.9 Å². The van der Waals surface area contributed by atoms with E-state index in [0.29, 0.717) is 6.10 Å². The average molecular weight is 437 g/mol. The minimum atomic E-state index is 0.270. The Balaban J connectivity index is 1.54. The molecular formula is C26H32N2O4. The van der Waals surface area contributed by atoms with E-state index >= 15 is 0 Å². The fourth-order valence-corrected chi connectivity index (χ4v) is 5.13. The standard InChI is InChI=1S/C26H32N2O4/c1-13-19(3-4-24(27)20(13)5-15-9-29-15)25-14(2)21(6-16-10-30-16)26(28)23(8-18-12-32-18)22(25)7-17-11-31-17/h3-4,15-18H,5-12,27-28H2,1-2H3. The van der Waals surface area contributed by atoms with Crippen molar-refractivity contribution in [2.24, 2.45) is 0 Å². The zero-order valence-corrected chi connectivity index (χ0v) is 18.9. The maximum Gasteiger partial charge on any atom is 0.0851 e. The quantitative estimate of drug-likeness (QED) is 0.463. The topological polar surface area (TPSA) is 102 Å². The van der Waals surface area contributed by atoms with Gasteiger partial charge in [0.15, 0.2) is 0 Å². The number of hydrogen-bond acceptors (Lipinski definition) is 6. The van der Waals surface area contributed by atoms with E-state index in [9.17, 15) is 0 Å². The number of hydrogen-bond donors (Lipinski definition) is 2. The van der Waals surface area contributed by atoms with Crippen molar-refractivity contribution in [3.8, 4) is 11.1 Å². The summed E-state index contributed by atoms with van der Waals surface area (Å²) in [5.74, 6) is 0. The highest BCUT2D eigenvalue weighted by atomic mass is 16.6. The molecule has 4 aliphatic rings. The Morgan fingerprint density at radius 3 is 1.66 bits per heavy atom. The van der Waals surface area contributed by atoms with Gasteiger partial charge in [-0.2, -0.15) is 0 Å². The van der Waals surface area contributed by atoms with Crippen LogP contribution in [0, 0.1) is 13.8 Å². The molecule has 4 N–H and O–H groups in total. The summed E-state index contributed by atoms with van der Waals surface area (Å²) < 4.78 is 22.4. The van der Waals surface area contributed by atoms with Crippen LogP contribution in [0.2, 0.25) is 0 Å².